The summed E-state index contributed by atoms with van der Waals surface area (Å²) >= 11 is 6.65. The van der Waals surface area contributed by atoms with Crippen LogP contribution in [0.2, 0.25) is 5.15 Å². The van der Waals surface area contributed by atoms with E-state index in [9.17, 15) is 14.9 Å². The van der Waals surface area contributed by atoms with Gasteiger partial charge in [-0.1, -0.05) is 60.1 Å². The SMILES string of the molecule is O=C(/C=C/c1c(-c2ccc([N+](=O)[O-])cc2)nn(-c2ccccc2)c1Cl)c1ccccc1. The zero-order valence-electron chi connectivity index (χ0n) is 16.2. The molecule has 0 N–H and O–H groups in total. The minimum Gasteiger partial charge on any atom is -0.289 e. The Kier molecular flexibility index (Phi) is 5.73. The smallest absolute Gasteiger partial charge is 0.269 e. The lowest BCUT2D eigenvalue weighted by molar-refractivity contribution is -0.384. The first-order chi connectivity index (χ1) is 15.0. The Labute approximate surface area is 183 Å². The van der Waals surface area contributed by atoms with E-state index in [-0.39, 0.29) is 11.5 Å². The molecule has 152 valence electrons. The molecule has 0 aliphatic rings. The van der Waals surface area contributed by atoms with Gasteiger partial charge in [0.25, 0.3) is 5.69 Å². The zero-order chi connectivity index (χ0) is 21.8. The third kappa shape index (κ3) is 4.29. The average Bonchev–Trinajstić information content (AvgIpc) is 3.14. The molecule has 0 amide bonds. The fourth-order valence-corrected chi connectivity index (χ4v) is 3.40. The maximum Gasteiger partial charge on any atom is 0.269 e. The van der Waals surface area contributed by atoms with E-state index >= 15 is 0 Å². The van der Waals surface area contributed by atoms with Crippen molar-refractivity contribution in [1.29, 1.82) is 0 Å². The van der Waals surface area contributed by atoms with Crippen molar-refractivity contribution in [3.8, 4) is 16.9 Å². The molecule has 0 radical (unpaired) electrons. The molecule has 0 saturated heterocycles. The minimum absolute atomic E-state index is 0.0197. The molecule has 0 saturated carbocycles. The number of rotatable bonds is 6. The first-order valence-electron chi connectivity index (χ1n) is 9.41. The van der Waals surface area contributed by atoms with Gasteiger partial charge in [0.2, 0.25) is 0 Å². The van der Waals surface area contributed by atoms with Crippen molar-refractivity contribution in [3.05, 3.63) is 117 Å². The number of ketones is 1. The van der Waals surface area contributed by atoms with Crippen LogP contribution in [0, 0.1) is 10.1 Å². The van der Waals surface area contributed by atoms with Crippen molar-refractivity contribution >= 4 is 29.1 Å². The highest BCUT2D eigenvalue weighted by Crippen LogP contribution is 2.33. The number of non-ortho nitro benzene ring substituents is 1. The van der Waals surface area contributed by atoms with Crippen molar-refractivity contribution in [2.45, 2.75) is 0 Å². The van der Waals surface area contributed by atoms with Crippen LogP contribution in [0.5, 0.6) is 0 Å². The molecule has 0 aliphatic carbocycles. The van der Waals surface area contributed by atoms with Gasteiger partial charge < -0.3 is 0 Å². The summed E-state index contributed by atoms with van der Waals surface area (Å²) in [5, 5.41) is 15.9. The Morgan fingerprint density at radius 1 is 0.935 bits per heavy atom. The predicted molar refractivity (Wildman–Crippen MR) is 120 cm³/mol. The van der Waals surface area contributed by atoms with Gasteiger partial charge in [0, 0.05) is 28.8 Å². The number of hydrogen-bond acceptors (Lipinski definition) is 4. The summed E-state index contributed by atoms with van der Waals surface area (Å²) in [5.74, 6) is -0.168. The Morgan fingerprint density at radius 3 is 2.16 bits per heavy atom. The first-order valence-corrected chi connectivity index (χ1v) is 9.78. The molecule has 6 nitrogen and oxygen atoms in total. The van der Waals surface area contributed by atoms with E-state index in [0.29, 0.717) is 27.5 Å². The first kappa shape index (κ1) is 20.3. The number of hydrogen-bond donors (Lipinski definition) is 0. The summed E-state index contributed by atoms with van der Waals surface area (Å²) in [7, 11) is 0. The van der Waals surface area contributed by atoms with Crippen LogP contribution in [0.25, 0.3) is 23.0 Å². The lowest BCUT2D eigenvalue weighted by Gasteiger charge is -2.01. The van der Waals surface area contributed by atoms with Crippen LogP contribution < -0.4 is 0 Å². The normalized spacial score (nSPS) is 11.0. The molecule has 31 heavy (non-hydrogen) atoms. The summed E-state index contributed by atoms with van der Waals surface area (Å²) in [6.07, 6.45) is 3.07. The van der Waals surface area contributed by atoms with Gasteiger partial charge in [0.15, 0.2) is 5.78 Å². The third-order valence-corrected chi connectivity index (χ3v) is 5.04. The number of aromatic nitrogens is 2. The van der Waals surface area contributed by atoms with Gasteiger partial charge in [-0.2, -0.15) is 5.10 Å². The van der Waals surface area contributed by atoms with E-state index in [2.05, 4.69) is 5.10 Å². The highest BCUT2D eigenvalue weighted by Gasteiger charge is 2.18. The molecule has 1 heterocycles. The van der Waals surface area contributed by atoms with Crippen molar-refractivity contribution in [1.82, 2.24) is 9.78 Å². The molecule has 4 rings (SSSR count). The Balaban J connectivity index is 1.80. The maximum absolute atomic E-state index is 12.5. The van der Waals surface area contributed by atoms with Gasteiger partial charge >= 0.3 is 0 Å². The fraction of sp³-hybridized carbons (Fsp3) is 0. The third-order valence-electron chi connectivity index (χ3n) is 4.68. The van der Waals surface area contributed by atoms with Crippen molar-refractivity contribution in [3.63, 3.8) is 0 Å². The number of allylic oxidation sites excluding steroid dienone is 1. The van der Waals surface area contributed by atoms with Crippen molar-refractivity contribution < 1.29 is 9.72 Å². The second kappa shape index (κ2) is 8.77. The predicted octanol–water partition coefficient (Wildman–Crippen LogP) is 6.00. The standard InChI is InChI=1S/C24H16ClN3O3/c25-24-21(15-16-22(29)17-7-3-1-4-8-17)23(18-11-13-20(14-12-18)28(30)31)26-27(24)19-9-5-2-6-10-19/h1-16H/b16-15+. The number of nitro groups is 1. The minimum atomic E-state index is -0.460. The summed E-state index contributed by atoms with van der Waals surface area (Å²) in [6.45, 7) is 0. The van der Waals surface area contributed by atoms with Crippen molar-refractivity contribution in [2.24, 2.45) is 0 Å². The van der Waals surface area contributed by atoms with Gasteiger partial charge in [-0.05, 0) is 36.4 Å². The molecule has 3 aromatic carbocycles. The van der Waals surface area contributed by atoms with Crippen LogP contribution in [0.15, 0.2) is 91.0 Å². The van der Waals surface area contributed by atoms with Crippen LogP contribution in [0.4, 0.5) is 5.69 Å². The number of para-hydroxylation sites is 1. The second-order valence-corrected chi connectivity index (χ2v) is 7.03. The lowest BCUT2D eigenvalue weighted by Crippen LogP contribution is -1.96. The van der Waals surface area contributed by atoms with E-state index in [4.69, 9.17) is 11.6 Å². The summed E-state index contributed by atoms with van der Waals surface area (Å²) in [4.78, 5) is 23.1. The lowest BCUT2D eigenvalue weighted by atomic mass is 10.1. The molecule has 0 bridgehead atoms. The van der Waals surface area contributed by atoms with Crippen LogP contribution >= 0.6 is 11.6 Å². The molecule has 7 heteroatoms. The molecular formula is C24H16ClN3O3. The average molecular weight is 430 g/mol. The summed E-state index contributed by atoms with van der Waals surface area (Å²) < 4.78 is 1.57. The van der Waals surface area contributed by atoms with Gasteiger partial charge in [-0.3, -0.25) is 14.9 Å². The van der Waals surface area contributed by atoms with Gasteiger partial charge in [0.05, 0.1) is 10.6 Å². The molecule has 1 aromatic heterocycles. The summed E-state index contributed by atoms with van der Waals surface area (Å²) in [6, 6.07) is 24.3. The number of benzene rings is 3. The topological polar surface area (TPSA) is 78.0 Å². The van der Waals surface area contributed by atoms with Crippen LogP contribution in [0.3, 0.4) is 0 Å². The maximum atomic E-state index is 12.5. The highest BCUT2D eigenvalue weighted by atomic mass is 35.5. The van der Waals surface area contributed by atoms with E-state index in [1.54, 1.807) is 47.2 Å². The molecule has 4 aromatic rings. The molecule has 0 atom stereocenters. The number of carbonyl (C=O) groups is 1. The highest BCUT2D eigenvalue weighted by molar-refractivity contribution is 6.32. The number of carbonyl (C=O) groups excluding carboxylic acids is 1. The summed E-state index contributed by atoms with van der Waals surface area (Å²) in [5.41, 5.74) is 3.00. The van der Waals surface area contributed by atoms with Crippen LogP contribution in [-0.2, 0) is 0 Å². The molecule has 0 aliphatic heterocycles. The molecule has 0 fully saturated rings. The van der Waals surface area contributed by atoms with E-state index in [1.807, 2.05) is 36.4 Å². The number of nitrogens with zero attached hydrogens (tertiary/aromatic N) is 3. The van der Waals surface area contributed by atoms with Gasteiger partial charge in [0.1, 0.15) is 10.8 Å². The monoisotopic (exact) mass is 429 g/mol. The van der Waals surface area contributed by atoms with E-state index in [0.717, 1.165) is 5.69 Å². The van der Waals surface area contributed by atoms with Crippen molar-refractivity contribution in [2.75, 3.05) is 0 Å². The number of halogens is 1. The van der Waals surface area contributed by atoms with E-state index in [1.165, 1.54) is 18.2 Å². The second-order valence-electron chi connectivity index (χ2n) is 6.67. The quantitative estimate of drug-likeness (QED) is 0.163. The largest absolute Gasteiger partial charge is 0.289 e. The van der Waals surface area contributed by atoms with Gasteiger partial charge in [-0.15, -0.1) is 0 Å². The Morgan fingerprint density at radius 2 is 1.55 bits per heavy atom. The van der Waals surface area contributed by atoms with Gasteiger partial charge in [-0.25, -0.2) is 4.68 Å². The fourth-order valence-electron chi connectivity index (χ4n) is 3.11. The Bertz CT molecular complexity index is 1260. The Hall–Kier alpha value is -4.03. The van der Waals surface area contributed by atoms with Crippen LogP contribution in [0.1, 0.15) is 15.9 Å². The number of nitro benzene ring substituents is 1. The molecule has 0 spiro atoms. The zero-order valence-corrected chi connectivity index (χ0v) is 16.9. The molecule has 0 unspecified atom stereocenters. The molecular weight excluding hydrogens is 414 g/mol. The van der Waals surface area contributed by atoms with Crippen LogP contribution in [-0.4, -0.2) is 20.5 Å². The van der Waals surface area contributed by atoms with E-state index < -0.39 is 4.92 Å².